The van der Waals surface area contributed by atoms with Crippen molar-refractivity contribution in [2.75, 3.05) is 17.1 Å². The number of benzene rings is 3. The summed E-state index contributed by atoms with van der Waals surface area (Å²) in [6.45, 7) is 5.01. The van der Waals surface area contributed by atoms with Crippen molar-refractivity contribution in [1.29, 1.82) is 0 Å². The molecule has 3 aromatic carbocycles. The molecule has 0 aliphatic heterocycles. The fraction of sp³-hybridized carbons (Fsp3) is 0.333. The fourth-order valence-electron chi connectivity index (χ4n) is 4.13. The molecule has 40 heavy (non-hydrogen) atoms. The molecule has 2 amide bonds. The average molecular weight is 588 g/mol. The van der Waals surface area contributed by atoms with Crippen LogP contribution in [0.2, 0.25) is 5.02 Å². The van der Waals surface area contributed by atoms with Crippen LogP contribution in [0.5, 0.6) is 0 Å². The molecule has 0 radical (unpaired) electrons. The van der Waals surface area contributed by atoms with Crippen molar-refractivity contribution in [3.05, 3.63) is 100 Å². The van der Waals surface area contributed by atoms with Gasteiger partial charge in [0.15, 0.2) is 0 Å². The number of halogens is 2. The van der Waals surface area contributed by atoms with Crippen LogP contribution in [0, 0.1) is 12.7 Å². The lowest BCUT2D eigenvalue weighted by Crippen LogP contribution is -2.54. The topological polar surface area (TPSA) is 86.8 Å². The molecule has 0 aromatic heterocycles. The minimum absolute atomic E-state index is 0.0310. The number of sulfonamides is 1. The van der Waals surface area contributed by atoms with Gasteiger partial charge in [-0.05, 0) is 61.2 Å². The van der Waals surface area contributed by atoms with E-state index in [0.29, 0.717) is 17.0 Å². The van der Waals surface area contributed by atoms with Crippen LogP contribution in [-0.4, -0.2) is 50.0 Å². The predicted octanol–water partition coefficient (Wildman–Crippen LogP) is 5.11. The molecule has 2 atom stereocenters. The van der Waals surface area contributed by atoms with E-state index in [2.05, 4.69) is 5.32 Å². The Morgan fingerprint density at radius 2 is 1.65 bits per heavy atom. The molecule has 10 heteroatoms. The van der Waals surface area contributed by atoms with Gasteiger partial charge in [-0.15, -0.1) is 0 Å². The summed E-state index contributed by atoms with van der Waals surface area (Å²) < 4.78 is 40.3. The summed E-state index contributed by atoms with van der Waals surface area (Å²) in [5, 5.41) is 3.32. The first-order valence-electron chi connectivity index (χ1n) is 13.0. The van der Waals surface area contributed by atoms with Crippen LogP contribution in [0.15, 0.2) is 72.8 Å². The summed E-state index contributed by atoms with van der Waals surface area (Å²) in [7, 11) is -3.91. The van der Waals surface area contributed by atoms with Crippen LogP contribution in [0.1, 0.15) is 37.0 Å². The second-order valence-corrected chi connectivity index (χ2v) is 12.2. The Bertz CT molecular complexity index is 1420. The smallest absolute Gasteiger partial charge is 0.244 e. The van der Waals surface area contributed by atoms with Crippen LogP contribution in [0.25, 0.3) is 0 Å². The number of hydrogen-bond acceptors (Lipinski definition) is 4. The molecule has 0 fully saturated rings. The summed E-state index contributed by atoms with van der Waals surface area (Å²) in [6, 6.07) is 18.5. The van der Waals surface area contributed by atoms with Crippen molar-refractivity contribution in [2.45, 2.75) is 52.2 Å². The van der Waals surface area contributed by atoms with Crippen LogP contribution in [-0.2, 0) is 32.6 Å². The third kappa shape index (κ3) is 8.53. The zero-order chi connectivity index (χ0) is 29.4. The van der Waals surface area contributed by atoms with E-state index in [9.17, 15) is 22.4 Å². The van der Waals surface area contributed by atoms with E-state index in [1.807, 2.05) is 44.2 Å². The highest BCUT2D eigenvalue weighted by atomic mass is 35.5. The van der Waals surface area contributed by atoms with Crippen molar-refractivity contribution in [3.8, 4) is 0 Å². The van der Waals surface area contributed by atoms with E-state index < -0.39 is 34.3 Å². The maximum absolute atomic E-state index is 14.0. The molecule has 0 aliphatic rings. The van der Waals surface area contributed by atoms with Crippen LogP contribution >= 0.6 is 11.6 Å². The Kier molecular flexibility index (Phi) is 10.7. The SMILES string of the molecule is CCC(C)NC(=O)C(Cc1ccccc1)N(Cc1ccc(F)cc1)C(=O)CN(c1ccc(C)c(Cl)c1)S(C)(=O)=O. The van der Waals surface area contributed by atoms with Gasteiger partial charge in [0, 0.05) is 24.0 Å². The van der Waals surface area contributed by atoms with Crippen LogP contribution in [0.4, 0.5) is 10.1 Å². The van der Waals surface area contributed by atoms with E-state index in [1.54, 1.807) is 19.1 Å². The summed E-state index contributed by atoms with van der Waals surface area (Å²) >= 11 is 6.27. The molecule has 0 spiro atoms. The zero-order valence-corrected chi connectivity index (χ0v) is 24.7. The lowest BCUT2D eigenvalue weighted by atomic mass is 10.0. The van der Waals surface area contributed by atoms with Crippen molar-refractivity contribution >= 4 is 39.1 Å². The number of nitrogens with zero attached hydrogens (tertiary/aromatic N) is 2. The second-order valence-electron chi connectivity index (χ2n) is 9.87. The first kappa shape index (κ1) is 31.1. The maximum atomic E-state index is 14.0. The molecule has 0 bridgehead atoms. The van der Waals surface area contributed by atoms with Gasteiger partial charge in [-0.3, -0.25) is 13.9 Å². The van der Waals surface area contributed by atoms with Gasteiger partial charge in [0.05, 0.1) is 11.9 Å². The van der Waals surface area contributed by atoms with Gasteiger partial charge in [-0.1, -0.05) is 67.1 Å². The molecular formula is C30H35ClFN3O4S. The Morgan fingerprint density at radius 1 is 1.00 bits per heavy atom. The summed E-state index contributed by atoms with van der Waals surface area (Å²) in [5.74, 6) is -1.39. The third-order valence-corrected chi connectivity index (χ3v) is 8.21. The standard InChI is InChI=1S/C30H35ClFN3O4S/c1-5-22(3)33-30(37)28(17-23-9-7-6-8-10-23)34(19-24-12-14-25(32)15-13-24)29(36)20-35(40(4,38)39)26-16-11-21(2)27(31)18-26/h6-16,18,22,28H,5,17,19-20H2,1-4H3,(H,33,37). The van der Waals surface area contributed by atoms with E-state index in [1.165, 1.54) is 35.2 Å². The highest BCUT2D eigenvalue weighted by molar-refractivity contribution is 7.92. The van der Waals surface area contributed by atoms with Gasteiger partial charge in [0.1, 0.15) is 18.4 Å². The van der Waals surface area contributed by atoms with E-state index in [-0.39, 0.29) is 30.6 Å². The first-order valence-corrected chi connectivity index (χ1v) is 15.2. The highest BCUT2D eigenvalue weighted by Gasteiger charge is 2.33. The zero-order valence-electron chi connectivity index (χ0n) is 23.1. The monoisotopic (exact) mass is 587 g/mol. The molecule has 0 saturated carbocycles. The predicted molar refractivity (Wildman–Crippen MR) is 157 cm³/mol. The van der Waals surface area contributed by atoms with E-state index in [4.69, 9.17) is 11.6 Å². The average Bonchev–Trinajstić information content (AvgIpc) is 2.91. The Balaban J connectivity index is 2.06. The quantitative estimate of drug-likeness (QED) is 0.319. The van der Waals surface area contributed by atoms with Gasteiger partial charge in [-0.2, -0.15) is 0 Å². The van der Waals surface area contributed by atoms with Gasteiger partial charge >= 0.3 is 0 Å². The van der Waals surface area contributed by atoms with Crippen molar-refractivity contribution < 1.29 is 22.4 Å². The number of aryl methyl sites for hydroxylation is 1. The third-order valence-electron chi connectivity index (χ3n) is 6.66. The highest BCUT2D eigenvalue weighted by Crippen LogP contribution is 2.26. The molecule has 3 aromatic rings. The van der Waals surface area contributed by atoms with Gasteiger partial charge in [0.25, 0.3) is 0 Å². The molecule has 214 valence electrons. The number of carbonyl (C=O) groups excluding carboxylic acids is 2. The number of nitrogens with one attached hydrogen (secondary N) is 1. The van der Waals surface area contributed by atoms with Gasteiger partial charge < -0.3 is 10.2 Å². The Hall–Kier alpha value is -3.43. The van der Waals surface area contributed by atoms with Gasteiger partial charge in [-0.25, -0.2) is 12.8 Å². The molecular weight excluding hydrogens is 553 g/mol. The molecule has 3 rings (SSSR count). The number of amides is 2. The molecule has 1 N–H and O–H groups in total. The molecule has 0 saturated heterocycles. The van der Waals surface area contributed by atoms with E-state index >= 15 is 0 Å². The molecule has 2 unspecified atom stereocenters. The summed E-state index contributed by atoms with van der Waals surface area (Å²) in [6.07, 6.45) is 1.90. The molecule has 0 heterocycles. The Morgan fingerprint density at radius 3 is 2.23 bits per heavy atom. The van der Waals surface area contributed by atoms with Crippen LogP contribution < -0.4 is 9.62 Å². The number of carbonyl (C=O) groups is 2. The van der Waals surface area contributed by atoms with Crippen LogP contribution in [0.3, 0.4) is 0 Å². The number of rotatable bonds is 12. The fourth-order valence-corrected chi connectivity index (χ4v) is 5.15. The summed E-state index contributed by atoms with van der Waals surface area (Å²) in [5.41, 5.74) is 2.41. The number of hydrogen-bond donors (Lipinski definition) is 1. The molecule has 7 nitrogen and oxygen atoms in total. The van der Waals surface area contributed by atoms with Gasteiger partial charge in [0.2, 0.25) is 21.8 Å². The van der Waals surface area contributed by atoms with Crippen molar-refractivity contribution in [1.82, 2.24) is 10.2 Å². The normalized spacial score (nSPS) is 12.8. The summed E-state index contributed by atoms with van der Waals surface area (Å²) in [4.78, 5) is 29.0. The molecule has 0 aliphatic carbocycles. The lowest BCUT2D eigenvalue weighted by molar-refractivity contribution is -0.140. The second kappa shape index (κ2) is 13.8. The van der Waals surface area contributed by atoms with Crippen molar-refractivity contribution in [2.24, 2.45) is 0 Å². The maximum Gasteiger partial charge on any atom is 0.244 e. The minimum Gasteiger partial charge on any atom is -0.352 e. The van der Waals surface area contributed by atoms with E-state index in [0.717, 1.165) is 21.7 Å². The van der Waals surface area contributed by atoms with Crippen molar-refractivity contribution in [3.63, 3.8) is 0 Å². The minimum atomic E-state index is -3.91. The first-order chi connectivity index (χ1) is 18.9. The number of anilines is 1. The largest absolute Gasteiger partial charge is 0.352 e. The lowest BCUT2D eigenvalue weighted by Gasteiger charge is -2.34. The Labute approximate surface area is 241 Å².